The topological polar surface area (TPSA) is 48.2 Å². The Morgan fingerprint density at radius 3 is 2.50 bits per heavy atom. The molecule has 22 heavy (non-hydrogen) atoms. The van der Waals surface area contributed by atoms with Crippen molar-refractivity contribution >= 4 is 23.2 Å². The molecule has 0 unspecified atom stereocenters. The molecule has 0 fully saturated rings. The number of hydrogen-bond donors (Lipinski definition) is 0. The highest BCUT2D eigenvalue weighted by atomic mass is 35.5. The fraction of sp³-hybridized carbons (Fsp3) is 0.125. The van der Waals surface area contributed by atoms with Gasteiger partial charge in [-0.1, -0.05) is 40.9 Å². The van der Waals surface area contributed by atoms with Crippen LogP contribution in [0.4, 0.5) is 0 Å². The molecule has 0 saturated carbocycles. The Morgan fingerprint density at radius 2 is 1.77 bits per heavy atom. The Bertz CT molecular complexity index is 785. The van der Waals surface area contributed by atoms with E-state index in [4.69, 9.17) is 32.4 Å². The van der Waals surface area contributed by atoms with Gasteiger partial charge in [-0.05, 0) is 31.2 Å². The van der Waals surface area contributed by atoms with Crippen LogP contribution in [0.15, 0.2) is 46.9 Å². The van der Waals surface area contributed by atoms with Crippen LogP contribution in [0.25, 0.3) is 11.5 Å². The minimum Gasteiger partial charge on any atom is -0.484 e. The highest BCUT2D eigenvalue weighted by Gasteiger charge is 2.09. The lowest BCUT2D eigenvalue weighted by Crippen LogP contribution is -1.95. The number of benzene rings is 2. The average molecular weight is 335 g/mol. The molecule has 4 nitrogen and oxygen atoms in total. The quantitative estimate of drug-likeness (QED) is 0.678. The van der Waals surface area contributed by atoms with Crippen molar-refractivity contribution in [1.82, 2.24) is 10.2 Å². The molecule has 3 rings (SSSR count). The first-order chi connectivity index (χ1) is 10.6. The van der Waals surface area contributed by atoms with E-state index in [9.17, 15) is 0 Å². The molecule has 0 radical (unpaired) electrons. The fourth-order valence-corrected chi connectivity index (χ4v) is 2.12. The van der Waals surface area contributed by atoms with Crippen LogP contribution in [0.1, 0.15) is 11.5 Å². The van der Waals surface area contributed by atoms with Gasteiger partial charge in [-0.25, -0.2) is 0 Å². The predicted molar refractivity (Wildman–Crippen MR) is 85.3 cm³/mol. The maximum Gasteiger partial charge on any atom is 0.254 e. The lowest BCUT2D eigenvalue weighted by atomic mass is 10.1. The molecule has 0 bridgehead atoms. The Kier molecular flexibility index (Phi) is 4.32. The van der Waals surface area contributed by atoms with E-state index in [1.807, 2.05) is 31.2 Å². The van der Waals surface area contributed by atoms with E-state index in [1.165, 1.54) is 5.56 Å². The molecule has 1 aromatic heterocycles. The Morgan fingerprint density at radius 1 is 1.00 bits per heavy atom. The van der Waals surface area contributed by atoms with Crippen LogP contribution < -0.4 is 4.74 Å². The number of ether oxygens (including phenoxy) is 1. The van der Waals surface area contributed by atoms with Gasteiger partial charge in [0, 0.05) is 11.6 Å². The summed E-state index contributed by atoms with van der Waals surface area (Å²) in [5.41, 5.74) is 2.05. The van der Waals surface area contributed by atoms with Crippen molar-refractivity contribution in [2.24, 2.45) is 0 Å². The van der Waals surface area contributed by atoms with Gasteiger partial charge in [0.05, 0.1) is 10.0 Å². The maximum atomic E-state index is 5.93. The normalized spacial score (nSPS) is 10.7. The summed E-state index contributed by atoms with van der Waals surface area (Å²) in [4.78, 5) is 0. The second-order valence-corrected chi connectivity index (χ2v) is 5.55. The molecular weight excluding hydrogens is 323 g/mol. The van der Waals surface area contributed by atoms with Gasteiger partial charge in [0.1, 0.15) is 5.75 Å². The number of nitrogens with zero attached hydrogens (tertiary/aromatic N) is 2. The first-order valence-corrected chi connectivity index (χ1v) is 7.35. The molecule has 6 heteroatoms. The van der Waals surface area contributed by atoms with E-state index < -0.39 is 0 Å². The van der Waals surface area contributed by atoms with Gasteiger partial charge in [0.15, 0.2) is 6.61 Å². The van der Waals surface area contributed by atoms with Gasteiger partial charge in [0.2, 0.25) is 5.89 Å². The molecule has 0 spiro atoms. The molecule has 0 atom stereocenters. The summed E-state index contributed by atoms with van der Waals surface area (Å²) in [5.74, 6) is 1.44. The molecule has 0 aliphatic rings. The van der Waals surface area contributed by atoms with E-state index in [0.717, 1.165) is 5.56 Å². The third kappa shape index (κ3) is 3.40. The molecule has 0 saturated heterocycles. The van der Waals surface area contributed by atoms with Crippen molar-refractivity contribution in [3.63, 3.8) is 0 Å². The second kappa shape index (κ2) is 6.38. The lowest BCUT2D eigenvalue weighted by molar-refractivity contribution is 0.264. The summed E-state index contributed by atoms with van der Waals surface area (Å²) in [6.45, 7) is 2.19. The van der Waals surface area contributed by atoms with Gasteiger partial charge in [-0.3, -0.25) is 0 Å². The Hall–Kier alpha value is -2.04. The first kappa shape index (κ1) is 14.9. The van der Waals surface area contributed by atoms with Gasteiger partial charge in [-0.15, -0.1) is 10.2 Å². The minimum absolute atomic E-state index is 0.164. The van der Waals surface area contributed by atoms with E-state index >= 15 is 0 Å². The van der Waals surface area contributed by atoms with Gasteiger partial charge in [0.25, 0.3) is 5.89 Å². The van der Waals surface area contributed by atoms with Crippen LogP contribution in [-0.2, 0) is 6.61 Å². The zero-order chi connectivity index (χ0) is 15.5. The van der Waals surface area contributed by atoms with E-state index in [-0.39, 0.29) is 6.61 Å². The van der Waals surface area contributed by atoms with E-state index in [0.29, 0.717) is 27.6 Å². The zero-order valence-electron chi connectivity index (χ0n) is 11.7. The summed E-state index contributed by atoms with van der Waals surface area (Å²) in [6, 6.07) is 12.9. The van der Waals surface area contributed by atoms with Crippen molar-refractivity contribution in [3.8, 4) is 17.2 Å². The average Bonchev–Trinajstić information content (AvgIpc) is 2.98. The van der Waals surface area contributed by atoms with Crippen molar-refractivity contribution in [3.05, 3.63) is 64.0 Å². The molecule has 2 aromatic carbocycles. The van der Waals surface area contributed by atoms with Crippen LogP contribution in [0.5, 0.6) is 5.75 Å². The van der Waals surface area contributed by atoms with Crippen LogP contribution in [-0.4, -0.2) is 10.2 Å². The SMILES string of the molecule is Cc1ccc(-c2nnc(COc3ccc(Cl)c(Cl)c3)o2)cc1. The second-order valence-electron chi connectivity index (χ2n) is 4.73. The summed E-state index contributed by atoms with van der Waals surface area (Å²) >= 11 is 11.8. The van der Waals surface area contributed by atoms with Gasteiger partial charge in [-0.2, -0.15) is 0 Å². The summed E-state index contributed by atoms with van der Waals surface area (Å²) < 4.78 is 11.1. The molecule has 0 aliphatic heterocycles. The largest absolute Gasteiger partial charge is 0.484 e. The van der Waals surface area contributed by atoms with Gasteiger partial charge >= 0.3 is 0 Å². The van der Waals surface area contributed by atoms with Crippen molar-refractivity contribution in [2.75, 3.05) is 0 Å². The zero-order valence-corrected chi connectivity index (χ0v) is 13.2. The minimum atomic E-state index is 0.164. The first-order valence-electron chi connectivity index (χ1n) is 6.59. The van der Waals surface area contributed by atoms with Crippen LogP contribution in [0, 0.1) is 6.92 Å². The summed E-state index contributed by atoms with van der Waals surface area (Å²) in [7, 11) is 0. The number of aryl methyl sites for hydroxylation is 1. The number of aromatic nitrogens is 2. The molecule has 1 heterocycles. The number of rotatable bonds is 4. The van der Waals surface area contributed by atoms with Crippen LogP contribution in [0.2, 0.25) is 10.0 Å². The molecule has 3 aromatic rings. The Balaban J connectivity index is 1.69. The lowest BCUT2D eigenvalue weighted by Gasteiger charge is -2.04. The molecule has 112 valence electrons. The smallest absolute Gasteiger partial charge is 0.254 e. The van der Waals surface area contributed by atoms with Crippen LogP contribution >= 0.6 is 23.2 Å². The van der Waals surface area contributed by atoms with Crippen LogP contribution in [0.3, 0.4) is 0 Å². The predicted octanol–water partition coefficient (Wildman–Crippen LogP) is 4.93. The Labute approximate surface area is 137 Å². The van der Waals surface area contributed by atoms with Crippen molar-refractivity contribution in [2.45, 2.75) is 13.5 Å². The molecule has 0 aliphatic carbocycles. The molecule has 0 amide bonds. The highest BCUT2D eigenvalue weighted by molar-refractivity contribution is 6.42. The van der Waals surface area contributed by atoms with Crippen molar-refractivity contribution < 1.29 is 9.15 Å². The maximum absolute atomic E-state index is 5.93. The monoisotopic (exact) mass is 334 g/mol. The third-order valence-corrected chi connectivity index (χ3v) is 3.76. The van der Waals surface area contributed by atoms with Gasteiger partial charge < -0.3 is 9.15 Å². The molecular formula is C16H12Cl2N2O2. The van der Waals surface area contributed by atoms with E-state index in [2.05, 4.69) is 10.2 Å². The fourth-order valence-electron chi connectivity index (χ4n) is 1.84. The third-order valence-electron chi connectivity index (χ3n) is 3.02. The highest BCUT2D eigenvalue weighted by Crippen LogP contribution is 2.27. The summed E-state index contributed by atoms with van der Waals surface area (Å²) in [6.07, 6.45) is 0. The summed E-state index contributed by atoms with van der Waals surface area (Å²) in [5, 5.41) is 8.90. The number of halogens is 2. The van der Waals surface area contributed by atoms with E-state index in [1.54, 1.807) is 18.2 Å². The number of hydrogen-bond acceptors (Lipinski definition) is 4. The standard InChI is InChI=1S/C16H12Cl2N2O2/c1-10-2-4-11(5-3-10)16-20-19-15(22-16)9-21-12-6-7-13(17)14(18)8-12/h2-8H,9H2,1H3. The molecule has 0 N–H and O–H groups in total. The van der Waals surface area contributed by atoms with Crippen molar-refractivity contribution in [1.29, 1.82) is 0 Å².